The number of aliphatic hydroxyl groups is 1. The van der Waals surface area contributed by atoms with E-state index in [2.05, 4.69) is 17.1 Å². The Balaban J connectivity index is 1.54. The lowest BCUT2D eigenvalue weighted by Crippen LogP contribution is -2.39. The largest absolute Gasteiger partial charge is 0.467 e. The zero-order valence-electron chi connectivity index (χ0n) is 11.8. The Morgan fingerprint density at radius 2 is 2.42 bits per heavy atom. The van der Waals surface area contributed by atoms with Crippen molar-refractivity contribution in [1.82, 2.24) is 10.2 Å². The smallest absolute Gasteiger partial charge is 0.133 e. The van der Waals surface area contributed by atoms with Crippen molar-refractivity contribution < 1.29 is 9.52 Å². The molecule has 2 unspecified atom stereocenters. The van der Waals surface area contributed by atoms with Crippen molar-refractivity contribution >= 4 is 0 Å². The summed E-state index contributed by atoms with van der Waals surface area (Å²) in [6, 6.07) is 4.35. The molecule has 1 aromatic rings. The van der Waals surface area contributed by atoms with Gasteiger partial charge in [0.15, 0.2) is 0 Å². The van der Waals surface area contributed by atoms with Gasteiger partial charge in [-0.05, 0) is 58.0 Å². The molecule has 0 aliphatic carbocycles. The topological polar surface area (TPSA) is 48.6 Å². The fourth-order valence-electron chi connectivity index (χ4n) is 2.72. The van der Waals surface area contributed by atoms with Crippen molar-refractivity contribution in [3.05, 3.63) is 24.2 Å². The molecule has 4 nitrogen and oxygen atoms in total. The van der Waals surface area contributed by atoms with Crippen molar-refractivity contribution in [2.24, 2.45) is 0 Å². The molecule has 2 N–H and O–H groups in total. The number of piperidine rings is 1. The molecule has 0 spiro atoms. The van der Waals surface area contributed by atoms with E-state index in [4.69, 9.17) is 4.42 Å². The van der Waals surface area contributed by atoms with Crippen LogP contribution in [0.1, 0.15) is 44.5 Å². The van der Waals surface area contributed by atoms with Gasteiger partial charge in [-0.3, -0.25) is 0 Å². The Labute approximate surface area is 115 Å². The van der Waals surface area contributed by atoms with Crippen LogP contribution in [0.5, 0.6) is 0 Å². The number of hydrogen-bond donors (Lipinski definition) is 2. The molecule has 1 aromatic heterocycles. The van der Waals surface area contributed by atoms with Gasteiger partial charge >= 0.3 is 0 Å². The second-order valence-corrected chi connectivity index (χ2v) is 5.47. The summed E-state index contributed by atoms with van der Waals surface area (Å²) in [6.07, 6.45) is 6.25. The number of nitrogens with one attached hydrogen (secondary N) is 1. The lowest BCUT2D eigenvalue weighted by atomic mass is 10.0. The molecule has 2 atom stereocenters. The van der Waals surface area contributed by atoms with E-state index in [-0.39, 0.29) is 0 Å². The summed E-state index contributed by atoms with van der Waals surface area (Å²) in [5, 5.41) is 13.1. The molecule has 1 aliphatic heterocycles. The highest BCUT2D eigenvalue weighted by Gasteiger charge is 2.17. The van der Waals surface area contributed by atoms with E-state index in [0.717, 1.165) is 25.6 Å². The molecule has 0 aromatic carbocycles. The Bertz CT molecular complexity index is 340. The van der Waals surface area contributed by atoms with E-state index >= 15 is 0 Å². The Kier molecular flexibility index (Phi) is 5.89. The molecule has 0 saturated carbocycles. The van der Waals surface area contributed by atoms with E-state index < -0.39 is 6.10 Å². The number of rotatable bonds is 7. The average Bonchev–Trinajstić information content (AvgIpc) is 2.94. The van der Waals surface area contributed by atoms with Crippen LogP contribution in [0.3, 0.4) is 0 Å². The monoisotopic (exact) mass is 266 g/mol. The molecule has 0 amide bonds. The van der Waals surface area contributed by atoms with Gasteiger partial charge in [0.05, 0.1) is 6.26 Å². The molecule has 0 bridgehead atoms. The number of furan rings is 1. The van der Waals surface area contributed by atoms with Crippen LogP contribution in [-0.4, -0.2) is 42.2 Å². The molecule has 2 rings (SSSR count). The maximum atomic E-state index is 9.83. The highest BCUT2D eigenvalue weighted by Crippen LogP contribution is 2.16. The van der Waals surface area contributed by atoms with Gasteiger partial charge < -0.3 is 19.7 Å². The summed E-state index contributed by atoms with van der Waals surface area (Å²) in [5.74, 6) is 0.636. The first-order chi connectivity index (χ1) is 9.27. The van der Waals surface area contributed by atoms with Crippen LogP contribution in [-0.2, 0) is 0 Å². The van der Waals surface area contributed by atoms with Gasteiger partial charge in [-0.15, -0.1) is 0 Å². The van der Waals surface area contributed by atoms with E-state index in [9.17, 15) is 5.11 Å². The van der Waals surface area contributed by atoms with E-state index in [1.54, 1.807) is 12.3 Å². The molecule has 1 fully saturated rings. The van der Waals surface area contributed by atoms with Gasteiger partial charge in [-0.25, -0.2) is 0 Å². The molecule has 1 aliphatic rings. The van der Waals surface area contributed by atoms with Crippen LogP contribution in [0.25, 0.3) is 0 Å². The summed E-state index contributed by atoms with van der Waals surface area (Å²) in [5.41, 5.74) is 0. The van der Waals surface area contributed by atoms with E-state index in [0.29, 0.717) is 12.3 Å². The maximum absolute atomic E-state index is 9.83. The van der Waals surface area contributed by atoms with Crippen LogP contribution >= 0.6 is 0 Å². The number of nitrogens with zero attached hydrogens (tertiary/aromatic N) is 1. The third-order valence-electron chi connectivity index (χ3n) is 3.95. The van der Waals surface area contributed by atoms with Crippen molar-refractivity contribution in [1.29, 1.82) is 0 Å². The van der Waals surface area contributed by atoms with Gasteiger partial charge in [0, 0.05) is 12.6 Å². The molecule has 0 radical (unpaired) electrons. The lowest BCUT2D eigenvalue weighted by molar-refractivity contribution is 0.142. The predicted molar refractivity (Wildman–Crippen MR) is 76.0 cm³/mol. The third-order valence-corrected chi connectivity index (χ3v) is 3.95. The van der Waals surface area contributed by atoms with Crippen molar-refractivity contribution in [2.75, 3.05) is 26.2 Å². The minimum atomic E-state index is -0.538. The highest BCUT2D eigenvalue weighted by molar-refractivity contribution is 5.02. The molecule has 2 heterocycles. The third kappa shape index (κ3) is 4.64. The molecular weight excluding hydrogens is 240 g/mol. The lowest BCUT2D eigenvalue weighted by Gasteiger charge is -2.33. The molecular formula is C15H26N2O2. The molecule has 19 heavy (non-hydrogen) atoms. The second kappa shape index (κ2) is 7.68. The van der Waals surface area contributed by atoms with Crippen LogP contribution in [0, 0.1) is 0 Å². The van der Waals surface area contributed by atoms with Gasteiger partial charge in [0.1, 0.15) is 11.9 Å². The minimum absolute atomic E-state index is 0.538. The van der Waals surface area contributed by atoms with E-state index in [1.165, 1.54) is 25.8 Å². The predicted octanol–water partition coefficient (Wildman–Crippen LogP) is 2.17. The first-order valence-electron chi connectivity index (χ1n) is 7.43. The van der Waals surface area contributed by atoms with Crippen LogP contribution < -0.4 is 5.32 Å². The highest BCUT2D eigenvalue weighted by atomic mass is 16.4. The van der Waals surface area contributed by atoms with Crippen molar-refractivity contribution in [3.63, 3.8) is 0 Å². The molecule has 4 heteroatoms. The minimum Gasteiger partial charge on any atom is -0.467 e. The second-order valence-electron chi connectivity index (χ2n) is 5.47. The zero-order chi connectivity index (χ0) is 13.5. The summed E-state index contributed by atoms with van der Waals surface area (Å²) >= 11 is 0. The summed E-state index contributed by atoms with van der Waals surface area (Å²) in [6.45, 7) is 6.23. The summed E-state index contributed by atoms with van der Waals surface area (Å²) in [7, 11) is 0. The maximum Gasteiger partial charge on any atom is 0.133 e. The van der Waals surface area contributed by atoms with Crippen LogP contribution in [0.4, 0.5) is 0 Å². The van der Waals surface area contributed by atoms with Crippen LogP contribution in [0.15, 0.2) is 22.8 Å². The Morgan fingerprint density at radius 3 is 3.16 bits per heavy atom. The zero-order valence-corrected chi connectivity index (χ0v) is 11.8. The fraction of sp³-hybridized carbons (Fsp3) is 0.733. The van der Waals surface area contributed by atoms with Gasteiger partial charge in [-0.1, -0.05) is 6.42 Å². The SMILES string of the molecule is CC1CCCCN1CCCNCC(O)c1ccco1. The quantitative estimate of drug-likeness (QED) is 0.743. The van der Waals surface area contributed by atoms with Gasteiger partial charge in [-0.2, -0.15) is 0 Å². The molecule has 1 saturated heterocycles. The Morgan fingerprint density at radius 1 is 1.53 bits per heavy atom. The number of aliphatic hydroxyl groups excluding tert-OH is 1. The number of hydrogen-bond acceptors (Lipinski definition) is 4. The summed E-state index contributed by atoms with van der Waals surface area (Å²) < 4.78 is 5.16. The average molecular weight is 266 g/mol. The standard InChI is InChI=1S/C15H26N2O2/c1-13-6-2-3-9-17(13)10-5-8-16-12-14(18)15-7-4-11-19-15/h4,7,11,13-14,16,18H,2-3,5-6,8-10,12H2,1H3. The first kappa shape index (κ1) is 14.6. The Hall–Kier alpha value is -0.840. The fourth-order valence-corrected chi connectivity index (χ4v) is 2.72. The number of likely N-dealkylation sites (tertiary alicyclic amines) is 1. The first-order valence-corrected chi connectivity index (χ1v) is 7.43. The normalized spacial score (nSPS) is 22.5. The summed E-state index contributed by atoms with van der Waals surface area (Å²) in [4.78, 5) is 2.58. The van der Waals surface area contributed by atoms with E-state index in [1.807, 2.05) is 6.07 Å². The van der Waals surface area contributed by atoms with Gasteiger partial charge in [0.25, 0.3) is 0 Å². The van der Waals surface area contributed by atoms with Gasteiger partial charge in [0.2, 0.25) is 0 Å². The van der Waals surface area contributed by atoms with Crippen molar-refractivity contribution in [3.8, 4) is 0 Å². The van der Waals surface area contributed by atoms with Crippen LogP contribution in [0.2, 0.25) is 0 Å². The van der Waals surface area contributed by atoms with Crippen molar-refractivity contribution in [2.45, 2.75) is 44.8 Å². The molecule has 108 valence electrons.